The van der Waals surface area contributed by atoms with E-state index < -0.39 is 0 Å². The van der Waals surface area contributed by atoms with Crippen LogP contribution in [0.1, 0.15) is 22.6 Å². The van der Waals surface area contributed by atoms with Gasteiger partial charge in [-0.1, -0.05) is 6.07 Å². The van der Waals surface area contributed by atoms with Gasteiger partial charge in [0.15, 0.2) is 0 Å². The lowest BCUT2D eigenvalue weighted by Crippen LogP contribution is -2.08. The van der Waals surface area contributed by atoms with E-state index in [4.69, 9.17) is 0 Å². The molecule has 0 bridgehead atoms. The number of hydrogen-bond acceptors (Lipinski definition) is 5. The number of fused-ring (bicyclic) bond motifs is 3. The summed E-state index contributed by atoms with van der Waals surface area (Å²) in [5.74, 6) is 0.982. The van der Waals surface area contributed by atoms with E-state index in [-0.39, 0.29) is 0 Å². The molecule has 0 saturated carbocycles. The van der Waals surface area contributed by atoms with Crippen LogP contribution in [0.2, 0.25) is 0 Å². The van der Waals surface area contributed by atoms with Crippen molar-refractivity contribution in [1.82, 2.24) is 15.0 Å². The molecular weight excluding hydrogens is 280 g/mol. The molecule has 3 heterocycles. The molecule has 0 unspecified atom stereocenters. The highest BCUT2D eigenvalue weighted by Gasteiger charge is 2.20. The number of thiophene rings is 1. The summed E-state index contributed by atoms with van der Waals surface area (Å²) >= 11 is 1.83. The van der Waals surface area contributed by atoms with Crippen LogP contribution >= 0.6 is 11.3 Å². The van der Waals surface area contributed by atoms with Crippen molar-refractivity contribution in [2.75, 3.05) is 11.9 Å². The predicted molar refractivity (Wildman–Crippen MR) is 85.9 cm³/mol. The summed E-state index contributed by atoms with van der Waals surface area (Å²) in [7, 11) is 0. The van der Waals surface area contributed by atoms with E-state index in [0.29, 0.717) is 0 Å². The number of hydrogen-bond donors (Lipinski definition) is 1. The number of aryl methyl sites for hydroxylation is 2. The summed E-state index contributed by atoms with van der Waals surface area (Å²) in [4.78, 5) is 15.8. The Labute approximate surface area is 127 Å². The van der Waals surface area contributed by atoms with Crippen LogP contribution in [0.5, 0.6) is 0 Å². The Morgan fingerprint density at radius 2 is 2.14 bits per heavy atom. The maximum absolute atomic E-state index is 4.45. The van der Waals surface area contributed by atoms with Crippen molar-refractivity contribution in [3.05, 3.63) is 46.9 Å². The van der Waals surface area contributed by atoms with E-state index in [9.17, 15) is 0 Å². The first-order valence-corrected chi connectivity index (χ1v) is 8.12. The van der Waals surface area contributed by atoms with Gasteiger partial charge in [0.25, 0.3) is 0 Å². The van der Waals surface area contributed by atoms with E-state index in [0.717, 1.165) is 35.7 Å². The van der Waals surface area contributed by atoms with Crippen molar-refractivity contribution in [1.29, 1.82) is 0 Å². The number of aromatic nitrogens is 3. The summed E-state index contributed by atoms with van der Waals surface area (Å²) in [6, 6.07) is 6.02. The second kappa shape index (κ2) is 5.41. The number of nitrogens with zero attached hydrogens (tertiary/aromatic N) is 3. The molecule has 106 valence electrons. The maximum Gasteiger partial charge on any atom is 0.138 e. The fourth-order valence-corrected chi connectivity index (χ4v) is 4.15. The van der Waals surface area contributed by atoms with E-state index in [2.05, 4.69) is 26.3 Å². The molecule has 0 saturated heterocycles. The topological polar surface area (TPSA) is 50.7 Å². The standard InChI is InChI=1S/C16H16N4S/c1-2-8-17-11(4-1)7-9-18-15-14-12-5-3-6-13(12)21-16(14)20-10-19-15/h1-2,4,8,10H,3,5-7,9H2,(H,18,19,20). The number of nitrogens with one attached hydrogen (secondary N) is 1. The van der Waals surface area contributed by atoms with Gasteiger partial charge in [-0.15, -0.1) is 11.3 Å². The molecule has 0 fully saturated rings. The zero-order valence-electron chi connectivity index (χ0n) is 11.7. The van der Waals surface area contributed by atoms with Crippen LogP contribution in [0.3, 0.4) is 0 Å². The van der Waals surface area contributed by atoms with Gasteiger partial charge in [0.2, 0.25) is 0 Å². The Bertz CT molecular complexity index is 767. The second-order valence-electron chi connectivity index (χ2n) is 5.26. The van der Waals surface area contributed by atoms with Crippen molar-refractivity contribution in [3.63, 3.8) is 0 Å². The lowest BCUT2D eigenvalue weighted by atomic mass is 10.2. The first-order valence-electron chi connectivity index (χ1n) is 7.31. The van der Waals surface area contributed by atoms with Crippen LogP contribution in [-0.4, -0.2) is 21.5 Å². The van der Waals surface area contributed by atoms with Gasteiger partial charge in [-0.05, 0) is 37.0 Å². The van der Waals surface area contributed by atoms with Crippen LogP contribution in [-0.2, 0) is 19.3 Å². The summed E-state index contributed by atoms with van der Waals surface area (Å²) in [5.41, 5.74) is 2.57. The monoisotopic (exact) mass is 296 g/mol. The molecule has 1 aliphatic rings. The van der Waals surface area contributed by atoms with Crippen LogP contribution in [0, 0.1) is 0 Å². The van der Waals surface area contributed by atoms with E-state index >= 15 is 0 Å². The van der Waals surface area contributed by atoms with Crippen molar-refractivity contribution < 1.29 is 0 Å². The molecule has 1 N–H and O–H groups in total. The second-order valence-corrected chi connectivity index (χ2v) is 6.34. The minimum absolute atomic E-state index is 0.841. The highest BCUT2D eigenvalue weighted by molar-refractivity contribution is 7.19. The van der Waals surface area contributed by atoms with Crippen molar-refractivity contribution in [3.8, 4) is 0 Å². The molecule has 3 aromatic rings. The Kier molecular flexibility index (Phi) is 3.27. The summed E-state index contributed by atoms with van der Waals surface area (Å²) in [5, 5.41) is 4.71. The van der Waals surface area contributed by atoms with Crippen LogP contribution in [0.25, 0.3) is 10.2 Å². The average Bonchev–Trinajstić information content (AvgIpc) is 3.09. The van der Waals surface area contributed by atoms with E-state index in [1.807, 2.05) is 29.7 Å². The zero-order valence-corrected chi connectivity index (χ0v) is 12.5. The lowest BCUT2D eigenvalue weighted by molar-refractivity contribution is 0.916. The van der Waals surface area contributed by atoms with Crippen molar-refractivity contribution >= 4 is 27.4 Å². The van der Waals surface area contributed by atoms with Crippen LogP contribution in [0.15, 0.2) is 30.7 Å². The Morgan fingerprint density at radius 1 is 1.14 bits per heavy atom. The van der Waals surface area contributed by atoms with Gasteiger partial charge in [-0.25, -0.2) is 9.97 Å². The molecule has 0 spiro atoms. The highest BCUT2D eigenvalue weighted by Crippen LogP contribution is 2.38. The summed E-state index contributed by atoms with van der Waals surface area (Å²) in [6.45, 7) is 0.841. The third kappa shape index (κ3) is 2.38. The van der Waals surface area contributed by atoms with Gasteiger partial charge in [0.1, 0.15) is 17.0 Å². The highest BCUT2D eigenvalue weighted by atomic mass is 32.1. The molecule has 0 aliphatic heterocycles. The minimum atomic E-state index is 0.841. The molecule has 0 amide bonds. The van der Waals surface area contributed by atoms with Gasteiger partial charge in [-0.3, -0.25) is 4.98 Å². The van der Waals surface area contributed by atoms with Crippen LogP contribution < -0.4 is 5.32 Å². The maximum atomic E-state index is 4.45. The zero-order chi connectivity index (χ0) is 14.1. The molecule has 0 atom stereocenters. The fourth-order valence-electron chi connectivity index (χ4n) is 2.92. The third-order valence-electron chi connectivity index (χ3n) is 3.90. The summed E-state index contributed by atoms with van der Waals surface area (Å²) in [6.07, 6.45) is 8.03. The molecule has 4 nitrogen and oxygen atoms in total. The number of rotatable bonds is 4. The minimum Gasteiger partial charge on any atom is -0.369 e. The fraction of sp³-hybridized carbons (Fsp3) is 0.312. The Balaban J connectivity index is 1.56. The van der Waals surface area contributed by atoms with Crippen molar-refractivity contribution in [2.24, 2.45) is 0 Å². The largest absolute Gasteiger partial charge is 0.369 e. The molecule has 3 aromatic heterocycles. The Hall–Kier alpha value is -2.01. The van der Waals surface area contributed by atoms with Gasteiger partial charge >= 0.3 is 0 Å². The SMILES string of the molecule is c1ccc(CCNc2ncnc3sc4c(c23)CCC4)nc1. The smallest absolute Gasteiger partial charge is 0.138 e. The molecule has 4 rings (SSSR count). The molecular formula is C16H16N4S. The normalized spacial score (nSPS) is 13.5. The predicted octanol–water partition coefficient (Wildman–Crippen LogP) is 3.23. The van der Waals surface area contributed by atoms with Crippen LogP contribution in [0.4, 0.5) is 5.82 Å². The van der Waals surface area contributed by atoms with Crippen molar-refractivity contribution in [2.45, 2.75) is 25.7 Å². The van der Waals surface area contributed by atoms with E-state index in [1.54, 1.807) is 6.33 Å². The summed E-state index contributed by atoms with van der Waals surface area (Å²) < 4.78 is 0. The number of anilines is 1. The van der Waals surface area contributed by atoms with Gasteiger partial charge in [0, 0.05) is 29.7 Å². The quantitative estimate of drug-likeness (QED) is 0.803. The molecule has 21 heavy (non-hydrogen) atoms. The van der Waals surface area contributed by atoms with Gasteiger partial charge in [-0.2, -0.15) is 0 Å². The number of pyridine rings is 1. The Morgan fingerprint density at radius 3 is 3.05 bits per heavy atom. The lowest BCUT2D eigenvalue weighted by Gasteiger charge is -2.07. The average molecular weight is 296 g/mol. The molecule has 0 aromatic carbocycles. The molecule has 5 heteroatoms. The first kappa shape index (κ1) is 12.7. The molecule has 1 aliphatic carbocycles. The van der Waals surface area contributed by atoms with E-state index in [1.165, 1.54) is 28.7 Å². The van der Waals surface area contributed by atoms with Gasteiger partial charge < -0.3 is 5.32 Å². The third-order valence-corrected chi connectivity index (χ3v) is 5.10. The first-order chi connectivity index (χ1) is 10.4. The van der Waals surface area contributed by atoms with Gasteiger partial charge in [0.05, 0.1) is 5.39 Å². The molecule has 0 radical (unpaired) electrons.